The van der Waals surface area contributed by atoms with Crippen molar-refractivity contribution in [1.29, 1.82) is 0 Å². The molecule has 2 heterocycles. The number of aromatic nitrogens is 1. The summed E-state index contributed by atoms with van der Waals surface area (Å²) in [5, 5.41) is 0. The summed E-state index contributed by atoms with van der Waals surface area (Å²) in [6.07, 6.45) is 1.88. The van der Waals surface area contributed by atoms with Gasteiger partial charge < -0.3 is 4.90 Å². The van der Waals surface area contributed by atoms with Gasteiger partial charge in [0, 0.05) is 49.7 Å². The zero-order chi connectivity index (χ0) is 21.8. The summed E-state index contributed by atoms with van der Waals surface area (Å²) in [7, 11) is -3.59. The minimum absolute atomic E-state index is 0.244. The molecule has 6 nitrogen and oxygen atoms in total. The molecular weight excluding hydrogens is 408 g/mol. The minimum atomic E-state index is -3.59. The zero-order valence-electron chi connectivity index (χ0n) is 17.9. The highest BCUT2D eigenvalue weighted by Gasteiger charge is 2.19. The molecule has 1 aliphatic rings. The van der Waals surface area contributed by atoms with Gasteiger partial charge in [0.2, 0.25) is 0 Å². The molecule has 1 aliphatic heterocycles. The van der Waals surface area contributed by atoms with Gasteiger partial charge >= 0.3 is 0 Å². The fraction of sp³-hybridized carbons (Fsp3) is 0.292. The lowest BCUT2D eigenvalue weighted by molar-refractivity contribution is 0.209. The van der Waals surface area contributed by atoms with E-state index in [9.17, 15) is 8.42 Å². The first-order valence-electron chi connectivity index (χ1n) is 10.6. The van der Waals surface area contributed by atoms with E-state index < -0.39 is 10.0 Å². The van der Waals surface area contributed by atoms with Gasteiger partial charge in [-0.15, -0.1) is 0 Å². The molecule has 1 fully saturated rings. The number of benzene rings is 2. The fourth-order valence-corrected chi connectivity index (χ4v) is 4.84. The summed E-state index contributed by atoms with van der Waals surface area (Å²) in [5.74, 6) is 0.999. The summed E-state index contributed by atoms with van der Waals surface area (Å²) in [4.78, 5) is 9.72. The first-order valence-corrected chi connectivity index (χ1v) is 12.0. The first-order chi connectivity index (χ1) is 14.9. The summed E-state index contributed by atoms with van der Waals surface area (Å²) < 4.78 is 27.6. The summed E-state index contributed by atoms with van der Waals surface area (Å²) in [6, 6.07) is 20.4. The largest absolute Gasteiger partial charge is 0.354 e. The van der Waals surface area contributed by atoms with Crippen LogP contribution in [0.2, 0.25) is 0 Å². The number of sulfonamides is 1. The van der Waals surface area contributed by atoms with Crippen LogP contribution in [-0.2, 0) is 10.0 Å². The number of hydrogen-bond donors (Lipinski definition) is 1. The summed E-state index contributed by atoms with van der Waals surface area (Å²) >= 11 is 0. The molecule has 1 aromatic heterocycles. The van der Waals surface area contributed by atoms with Gasteiger partial charge in [0.05, 0.1) is 4.90 Å². The molecule has 2 aromatic carbocycles. The molecule has 1 N–H and O–H groups in total. The highest BCUT2D eigenvalue weighted by molar-refractivity contribution is 7.92. The van der Waals surface area contributed by atoms with Gasteiger partial charge in [-0.25, -0.2) is 13.4 Å². The molecule has 3 aromatic rings. The SMILES string of the molecule is CC(C)N1CCN(c2ccc(-c3ccc(NS(=O)(=O)c4ccccc4)cc3)cn2)CC1. The number of nitrogens with zero attached hydrogens (tertiary/aromatic N) is 3. The lowest BCUT2D eigenvalue weighted by Crippen LogP contribution is -2.49. The molecule has 0 bridgehead atoms. The van der Waals surface area contributed by atoms with Crippen LogP contribution in [0.15, 0.2) is 77.8 Å². The highest BCUT2D eigenvalue weighted by atomic mass is 32.2. The van der Waals surface area contributed by atoms with E-state index in [4.69, 9.17) is 0 Å². The average Bonchev–Trinajstić information content (AvgIpc) is 2.80. The molecule has 4 rings (SSSR count). The second kappa shape index (κ2) is 9.08. The molecule has 0 aliphatic carbocycles. The first kappa shape index (κ1) is 21.3. The third-order valence-electron chi connectivity index (χ3n) is 5.64. The van der Waals surface area contributed by atoms with Gasteiger partial charge in [0.25, 0.3) is 10.0 Å². The van der Waals surface area contributed by atoms with Crippen molar-refractivity contribution in [1.82, 2.24) is 9.88 Å². The molecular formula is C24H28N4O2S. The van der Waals surface area contributed by atoms with Crippen molar-refractivity contribution >= 4 is 21.5 Å². The number of rotatable bonds is 6. The number of anilines is 2. The van der Waals surface area contributed by atoms with E-state index in [0.717, 1.165) is 43.1 Å². The lowest BCUT2D eigenvalue weighted by Gasteiger charge is -2.37. The van der Waals surface area contributed by atoms with E-state index in [0.29, 0.717) is 11.7 Å². The number of piperazine rings is 1. The van der Waals surface area contributed by atoms with Crippen LogP contribution in [0.1, 0.15) is 13.8 Å². The Morgan fingerprint density at radius 3 is 2.06 bits per heavy atom. The molecule has 0 spiro atoms. The van der Waals surface area contributed by atoms with Crippen LogP contribution in [0.4, 0.5) is 11.5 Å². The number of pyridine rings is 1. The van der Waals surface area contributed by atoms with Gasteiger partial charge in [0.15, 0.2) is 0 Å². The maximum atomic E-state index is 12.5. The van der Waals surface area contributed by atoms with Crippen LogP contribution in [0.5, 0.6) is 0 Å². The van der Waals surface area contributed by atoms with Crippen molar-refractivity contribution in [3.8, 4) is 11.1 Å². The standard InChI is InChI=1S/C24H28N4O2S/c1-19(2)27-14-16-28(17-15-27)24-13-10-21(18-25-24)20-8-11-22(12-9-20)26-31(29,30)23-6-4-3-5-7-23/h3-13,18-19,26H,14-17H2,1-2H3. The van der Waals surface area contributed by atoms with E-state index in [1.54, 1.807) is 42.5 Å². The van der Waals surface area contributed by atoms with Crippen LogP contribution >= 0.6 is 0 Å². The van der Waals surface area contributed by atoms with Gasteiger partial charge in [-0.05, 0) is 55.8 Å². The highest BCUT2D eigenvalue weighted by Crippen LogP contribution is 2.24. The molecule has 7 heteroatoms. The zero-order valence-corrected chi connectivity index (χ0v) is 18.7. The van der Waals surface area contributed by atoms with Gasteiger partial charge in [-0.2, -0.15) is 0 Å². The Bertz CT molecular complexity index is 1090. The lowest BCUT2D eigenvalue weighted by atomic mass is 10.1. The van der Waals surface area contributed by atoms with E-state index in [2.05, 4.69) is 45.5 Å². The molecule has 31 heavy (non-hydrogen) atoms. The Morgan fingerprint density at radius 1 is 0.839 bits per heavy atom. The van der Waals surface area contributed by atoms with Crippen molar-refractivity contribution in [2.24, 2.45) is 0 Å². The Morgan fingerprint density at radius 2 is 1.48 bits per heavy atom. The van der Waals surface area contributed by atoms with Gasteiger partial charge in [-0.1, -0.05) is 30.3 Å². The normalized spacial score (nSPS) is 15.3. The van der Waals surface area contributed by atoms with Crippen LogP contribution < -0.4 is 9.62 Å². The minimum Gasteiger partial charge on any atom is -0.354 e. The molecule has 0 atom stereocenters. The number of hydrogen-bond acceptors (Lipinski definition) is 5. The molecule has 0 radical (unpaired) electrons. The predicted octanol–water partition coefficient (Wildman–Crippen LogP) is 4.08. The Labute approximate surface area is 184 Å². The van der Waals surface area contributed by atoms with Crippen molar-refractivity contribution in [2.45, 2.75) is 24.8 Å². The van der Waals surface area contributed by atoms with E-state index in [1.807, 2.05) is 18.3 Å². The topological polar surface area (TPSA) is 65.5 Å². The molecule has 0 unspecified atom stereocenters. The Balaban J connectivity index is 1.41. The van der Waals surface area contributed by atoms with Crippen LogP contribution in [-0.4, -0.2) is 50.5 Å². The third-order valence-corrected chi connectivity index (χ3v) is 7.04. The second-order valence-electron chi connectivity index (χ2n) is 8.02. The predicted molar refractivity (Wildman–Crippen MR) is 126 cm³/mol. The van der Waals surface area contributed by atoms with Gasteiger partial charge in [0.1, 0.15) is 5.82 Å². The molecule has 0 saturated carbocycles. The maximum Gasteiger partial charge on any atom is 0.261 e. The number of nitrogens with one attached hydrogen (secondary N) is 1. The molecule has 0 amide bonds. The smallest absolute Gasteiger partial charge is 0.261 e. The quantitative estimate of drug-likeness (QED) is 0.631. The van der Waals surface area contributed by atoms with Crippen molar-refractivity contribution in [3.63, 3.8) is 0 Å². The Kier molecular flexibility index (Phi) is 6.25. The van der Waals surface area contributed by atoms with Crippen molar-refractivity contribution in [3.05, 3.63) is 72.9 Å². The molecule has 162 valence electrons. The second-order valence-corrected chi connectivity index (χ2v) is 9.70. The van der Waals surface area contributed by atoms with Crippen LogP contribution in [0.3, 0.4) is 0 Å². The van der Waals surface area contributed by atoms with Crippen molar-refractivity contribution < 1.29 is 8.42 Å². The summed E-state index contributed by atoms with van der Waals surface area (Å²) in [6.45, 7) is 8.56. The molecule has 1 saturated heterocycles. The average molecular weight is 437 g/mol. The Hall–Kier alpha value is -2.90. The third kappa shape index (κ3) is 5.06. The summed E-state index contributed by atoms with van der Waals surface area (Å²) in [5.41, 5.74) is 2.52. The van der Waals surface area contributed by atoms with E-state index in [-0.39, 0.29) is 4.90 Å². The van der Waals surface area contributed by atoms with E-state index in [1.165, 1.54) is 0 Å². The van der Waals surface area contributed by atoms with E-state index >= 15 is 0 Å². The van der Waals surface area contributed by atoms with Gasteiger partial charge in [-0.3, -0.25) is 9.62 Å². The van der Waals surface area contributed by atoms with Crippen LogP contribution in [0, 0.1) is 0 Å². The maximum absolute atomic E-state index is 12.5. The fourth-order valence-electron chi connectivity index (χ4n) is 3.76. The van der Waals surface area contributed by atoms with Crippen LogP contribution in [0.25, 0.3) is 11.1 Å². The van der Waals surface area contributed by atoms with Crippen molar-refractivity contribution in [2.75, 3.05) is 35.8 Å². The monoisotopic (exact) mass is 436 g/mol.